The van der Waals surface area contributed by atoms with Gasteiger partial charge in [-0.1, -0.05) is 0 Å². The molecular weight excluding hydrogens is 291 g/mol. The number of aromatic nitrogens is 1. The molecule has 0 amide bonds. The molecule has 0 aliphatic rings. The number of halogens is 2. The Morgan fingerprint density at radius 1 is 1.44 bits per heavy atom. The number of thiocarbonyl (C=S) groups is 1. The molecule has 7 N–H and O–H groups in total. The Hall–Kier alpha value is -0.830. The summed E-state index contributed by atoms with van der Waals surface area (Å²) in [6.45, 7) is 0.478. The molecule has 6 nitrogen and oxygen atoms in total. The molecule has 1 heterocycles. The lowest BCUT2D eigenvalue weighted by Gasteiger charge is -1.98. The van der Waals surface area contributed by atoms with Crippen molar-refractivity contribution in [2.24, 2.45) is 22.2 Å². The van der Waals surface area contributed by atoms with Gasteiger partial charge in [0.2, 0.25) is 5.13 Å². The van der Waals surface area contributed by atoms with Crippen LogP contribution in [0, 0.1) is 0 Å². The van der Waals surface area contributed by atoms with E-state index in [-0.39, 0.29) is 35.9 Å². The van der Waals surface area contributed by atoms with E-state index < -0.39 is 0 Å². The first kappa shape index (κ1) is 17.6. The Balaban J connectivity index is 0. The molecule has 10 heteroatoms. The average molecular weight is 303 g/mol. The van der Waals surface area contributed by atoms with E-state index in [4.69, 9.17) is 17.2 Å². The first-order valence-electron chi connectivity index (χ1n) is 3.65. The van der Waals surface area contributed by atoms with Gasteiger partial charge in [-0.2, -0.15) is 4.99 Å². The Kier molecular flexibility index (Phi) is 9.15. The number of guanidine groups is 1. The van der Waals surface area contributed by atoms with Crippen molar-refractivity contribution in [3.05, 3.63) is 11.1 Å². The molecule has 16 heavy (non-hydrogen) atoms. The molecule has 0 atom stereocenters. The fraction of sp³-hybridized carbons (Fsp3) is 0.167. The summed E-state index contributed by atoms with van der Waals surface area (Å²) < 4.78 is 0. The van der Waals surface area contributed by atoms with Crippen LogP contribution in [-0.4, -0.2) is 16.1 Å². The minimum Gasteiger partial charge on any atom is -0.376 e. The van der Waals surface area contributed by atoms with E-state index in [1.54, 1.807) is 0 Å². The Labute approximate surface area is 115 Å². The number of hydrogen-bond donors (Lipinski definition) is 4. The molecule has 0 spiro atoms. The van der Waals surface area contributed by atoms with E-state index in [0.29, 0.717) is 11.7 Å². The van der Waals surface area contributed by atoms with Crippen molar-refractivity contribution in [1.82, 2.24) is 10.3 Å². The zero-order valence-electron chi connectivity index (χ0n) is 8.04. The highest BCUT2D eigenvalue weighted by Crippen LogP contribution is 2.17. The summed E-state index contributed by atoms with van der Waals surface area (Å²) >= 11 is 5.99. The van der Waals surface area contributed by atoms with Gasteiger partial charge in [-0.05, 0) is 12.2 Å². The second-order valence-electron chi connectivity index (χ2n) is 2.38. The van der Waals surface area contributed by atoms with E-state index in [9.17, 15) is 0 Å². The monoisotopic (exact) mass is 302 g/mol. The van der Waals surface area contributed by atoms with Gasteiger partial charge in [0.1, 0.15) is 0 Å². The zero-order valence-corrected chi connectivity index (χ0v) is 11.3. The summed E-state index contributed by atoms with van der Waals surface area (Å²) in [6, 6.07) is 0. The van der Waals surface area contributed by atoms with Crippen LogP contribution in [0.4, 0.5) is 5.13 Å². The Morgan fingerprint density at radius 2 is 2.06 bits per heavy atom. The first-order chi connectivity index (χ1) is 6.58. The molecule has 1 aromatic heterocycles. The van der Waals surface area contributed by atoms with Gasteiger partial charge in [-0.3, -0.25) is 0 Å². The summed E-state index contributed by atoms with van der Waals surface area (Å²) in [4.78, 5) is 7.91. The second-order valence-corrected chi connectivity index (χ2v) is 3.65. The molecular formula is C6H12Cl2N6S2. The standard InChI is InChI=1S/C6H10N6S2.2ClH/c7-4(8)12-6-11-3(2-14-6)1-10-5(9)13;;/h2H,1H2,(H3,9,10,13)(H4,7,8,11,12);2*1H. The number of nitrogens with zero attached hydrogens (tertiary/aromatic N) is 2. The van der Waals surface area contributed by atoms with Crippen molar-refractivity contribution in [2.75, 3.05) is 0 Å². The van der Waals surface area contributed by atoms with Crippen molar-refractivity contribution in [3.63, 3.8) is 0 Å². The van der Waals surface area contributed by atoms with Crippen molar-refractivity contribution in [2.45, 2.75) is 6.54 Å². The van der Waals surface area contributed by atoms with Gasteiger partial charge >= 0.3 is 0 Å². The number of nitrogens with one attached hydrogen (secondary N) is 1. The molecule has 92 valence electrons. The van der Waals surface area contributed by atoms with Gasteiger partial charge < -0.3 is 22.5 Å². The maximum absolute atomic E-state index is 5.26. The lowest BCUT2D eigenvalue weighted by molar-refractivity contribution is 0.888. The van der Waals surface area contributed by atoms with Gasteiger partial charge in [0.25, 0.3) is 0 Å². The number of hydrogen-bond acceptors (Lipinski definition) is 4. The SMILES string of the molecule is Cl.Cl.NC(=S)NCc1csc(N=C(N)N)n1. The maximum Gasteiger partial charge on any atom is 0.212 e. The van der Waals surface area contributed by atoms with E-state index in [0.717, 1.165) is 5.69 Å². The molecule has 0 bridgehead atoms. The Morgan fingerprint density at radius 3 is 2.56 bits per heavy atom. The van der Waals surface area contributed by atoms with Gasteiger partial charge in [0.15, 0.2) is 11.1 Å². The summed E-state index contributed by atoms with van der Waals surface area (Å²) in [7, 11) is 0. The van der Waals surface area contributed by atoms with Crippen LogP contribution in [-0.2, 0) is 6.54 Å². The van der Waals surface area contributed by atoms with Crippen molar-refractivity contribution >= 4 is 64.6 Å². The predicted molar refractivity (Wildman–Crippen MR) is 75.7 cm³/mol. The summed E-state index contributed by atoms with van der Waals surface area (Å²) in [5.41, 5.74) is 16.4. The van der Waals surface area contributed by atoms with Crippen LogP contribution in [0.1, 0.15) is 5.69 Å². The third-order valence-corrected chi connectivity index (χ3v) is 2.14. The molecule has 0 aromatic carbocycles. The van der Waals surface area contributed by atoms with Crippen LogP contribution >= 0.6 is 48.4 Å². The summed E-state index contributed by atoms with van der Waals surface area (Å²) in [5, 5.41) is 5.35. The van der Waals surface area contributed by atoms with Gasteiger partial charge in [-0.25, -0.2) is 4.98 Å². The van der Waals surface area contributed by atoms with Gasteiger partial charge in [-0.15, -0.1) is 36.2 Å². The first-order valence-corrected chi connectivity index (χ1v) is 4.94. The number of thiazole rings is 1. The fourth-order valence-corrected chi connectivity index (χ4v) is 1.49. The lowest BCUT2D eigenvalue weighted by Crippen LogP contribution is -2.28. The molecule has 1 aromatic rings. The lowest BCUT2D eigenvalue weighted by atomic mass is 10.5. The summed E-state index contributed by atoms with van der Waals surface area (Å²) in [5.74, 6) is -0.00629. The second kappa shape index (κ2) is 8.34. The topological polar surface area (TPSA) is 115 Å². The quantitative estimate of drug-likeness (QED) is 0.361. The van der Waals surface area contributed by atoms with Crippen molar-refractivity contribution < 1.29 is 0 Å². The van der Waals surface area contributed by atoms with E-state index >= 15 is 0 Å². The molecule has 0 fully saturated rings. The predicted octanol–water partition coefficient (Wildman–Crippen LogP) is 0.225. The highest BCUT2D eigenvalue weighted by molar-refractivity contribution is 7.80. The van der Waals surface area contributed by atoms with Crippen molar-refractivity contribution in [1.29, 1.82) is 0 Å². The minimum atomic E-state index is -0.00629. The average Bonchev–Trinajstić information content (AvgIpc) is 2.47. The number of rotatable bonds is 3. The van der Waals surface area contributed by atoms with Crippen LogP contribution in [0.15, 0.2) is 10.4 Å². The van der Waals surface area contributed by atoms with Crippen molar-refractivity contribution in [3.8, 4) is 0 Å². The van der Waals surface area contributed by atoms with Crippen LogP contribution in [0.25, 0.3) is 0 Å². The van der Waals surface area contributed by atoms with Gasteiger partial charge in [0.05, 0.1) is 12.2 Å². The van der Waals surface area contributed by atoms with E-state index in [1.165, 1.54) is 11.3 Å². The molecule has 0 unspecified atom stereocenters. The normalized spacial score (nSPS) is 8.25. The number of aliphatic imine (C=N–C) groups is 1. The highest BCUT2D eigenvalue weighted by Gasteiger charge is 2.00. The minimum absolute atomic E-state index is 0. The third kappa shape index (κ3) is 6.62. The van der Waals surface area contributed by atoms with Crippen LogP contribution in [0.3, 0.4) is 0 Å². The fourth-order valence-electron chi connectivity index (χ4n) is 0.717. The Bertz CT molecular complexity index is 362. The van der Waals surface area contributed by atoms with Crippen LogP contribution in [0.5, 0.6) is 0 Å². The highest BCUT2D eigenvalue weighted by atomic mass is 35.5. The van der Waals surface area contributed by atoms with Gasteiger partial charge in [0, 0.05) is 5.38 Å². The largest absolute Gasteiger partial charge is 0.376 e. The number of nitrogens with two attached hydrogens (primary N) is 3. The molecule has 0 radical (unpaired) electrons. The molecule has 0 aliphatic carbocycles. The third-order valence-electron chi connectivity index (χ3n) is 1.21. The smallest absolute Gasteiger partial charge is 0.212 e. The molecule has 0 saturated heterocycles. The maximum atomic E-state index is 5.26. The van der Waals surface area contributed by atoms with Crippen LogP contribution < -0.4 is 22.5 Å². The van der Waals surface area contributed by atoms with E-state index in [2.05, 4.69) is 27.5 Å². The zero-order chi connectivity index (χ0) is 10.6. The van der Waals surface area contributed by atoms with Crippen LogP contribution in [0.2, 0.25) is 0 Å². The molecule has 0 saturated carbocycles. The molecule has 1 rings (SSSR count). The van der Waals surface area contributed by atoms with E-state index in [1.807, 2.05) is 5.38 Å². The molecule has 0 aliphatic heterocycles. The summed E-state index contributed by atoms with van der Waals surface area (Å²) in [6.07, 6.45) is 0.